The fraction of sp³-hybridized carbons (Fsp3) is 0.588. The highest BCUT2D eigenvalue weighted by atomic mass is 15.2. The van der Waals surface area contributed by atoms with E-state index in [0.717, 1.165) is 30.7 Å². The first-order chi connectivity index (χ1) is 11.3. The third kappa shape index (κ3) is 5.11. The molecule has 2 heterocycles. The van der Waals surface area contributed by atoms with Crippen molar-refractivity contribution >= 4 is 11.9 Å². The Balaban J connectivity index is 1.96. The van der Waals surface area contributed by atoms with Crippen LogP contribution in [-0.4, -0.2) is 31.0 Å². The van der Waals surface area contributed by atoms with E-state index in [2.05, 4.69) is 57.9 Å². The Kier molecular flexibility index (Phi) is 5.64. The van der Waals surface area contributed by atoms with Gasteiger partial charge in [-0.3, -0.25) is 0 Å². The van der Waals surface area contributed by atoms with Crippen molar-refractivity contribution in [1.29, 1.82) is 0 Å². The molecule has 7 nitrogen and oxygen atoms in total. The van der Waals surface area contributed by atoms with Crippen LogP contribution in [0.1, 0.15) is 57.7 Å². The van der Waals surface area contributed by atoms with Crippen molar-refractivity contribution in [2.45, 2.75) is 65.3 Å². The number of nitrogen functional groups attached to an aromatic ring is 1. The van der Waals surface area contributed by atoms with Crippen LogP contribution in [0.5, 0.6) is 0 Å². The minimum atomic E-state index is -0.0253. The highest BCUT2D eigenvalue weighted by molar-refractivity contribution is 5.31. The van der Waals surface area contributed by atoms with Crippen molar-refractivity contribution in [2.24, 2.45) is 0 Å². The normalized spacial score (nSPS) is 12.9. The summed E-state index contributed by atoms with van der Waals surface area (Å²) >= 11 is 0. The van der Waals surface area contributed by atoms with E-state index in [0.29, 0.717) is 11.8 Å². The number of hydrogen-bond donors (Lipinski definition) is 2. The van der Waals surface area contributed by atoms with Gasteiger partial charge in [0.05, 0.1) is 0 Å². The maximum absolute atomic E-state index is 5.67. The van der Waals surface area contributed by atoms with Crippen molar-refractivity contribution in [3.8, 4) is 0 Å². The van der Waals surface area contributed by atoms with Crippen LogP contribution in [-0.2, 0) is 11.8 Å². The molecule has 1 atom stereocenters. The topological polar surface area (TPSA) is 102 Å². The van der Waals surface area contributed by atoms with Crippen molar-refractivity contribution in [3.05, 3.63) is 29.6 Å². The molecular weight excluding hydrogens is 302 g/mol. The lowest BCUT2D eigenvalue weighted by molar-refractivity contribution is 0.542. The van der Waals surface area contributed by atoms with Gasteiger partial charge in [0.1, 0.15) is 11.6 Å². The SMILES string of the molecule is CCC(CCc1cnc(C(C)(C)C)nc1)Nc1nc(C)nc(N)n1. The standard InChI is InChI=1S/C17H27N7/c1-6-13(23-16-22-11(2)21-15(18)24-16)8-7-12-9-19-14(20-10-12)17(3,4)5/h9-10,13H,6-8H2,1-5H3,(H3,18,21,22,23,24). The Hall–Kier alpha value is -2.31. The molecular formula is C17H27N7. The van der Waals surface area contributed by atoms with Crippen LogP contribution >= 0.6 is 0 Å². The predicted molar refractivity (Wildman–Crippen MR) is 95.7 cm³/mol. The van der Waals surface area contributed by atoms with Gasteiger partial charge < -0.3 is 11.1 Å². The van der Waals surface area contributed by atoms with E-state index < -0.39 is 0 Å². The maximum atomic E-state index is 5.67. The van der Waals surface area contributed by atoms with Crippen LogP contribution in [0.4, 0.5) is 11.9 Å². The van der Waals surface area contributed by atoms with E-state index in [1.807, 2.05) is 12.4 Å². The summed E-state index contributed by atoms with van der Waals surface area (Å²) in [5.41, 5.74) is 6.78. The highest BCUT2D eigenvalue weighted by Gasteiger charge is 2.17. The van der Waals surface area contributed by atoms with Crippen molar-refractivity contribution in [2.75, 3.05) is 11.1 Å². The van der Waals surface area contributed by atoms with Gasteiger partial charge in [-0.2, -0.15) is 15.0 Å². The smallest absolute Gasteiger partial charge is 0.227 e. The summed E-state index contributed by atoms with van der Waals surface area (Å²) < 4.78 is 0. The molecule has 0 aliphatic carbocycles. The Morgan fingerprint density at radius 1 is 1.12 bits per heavy atom. The van der Waals surface area contributed by atoms with E-state index in [1.165, 1.54) is 0 Å². The van der Waals surface area contributed by atoms with Crippen molar-refractivity contribution < 1.29 is 0 Å². The van der Waals surface area contributed by atoms with Crippen LogP contribution in [0, 0.1) is 6.92 Å². The molecule has 0 fully saturated rings. The Labute approximate surface area is 143 Å². The van der Waals surface area contributed by atoms with Gasteiger partial charge in [0.15, 0.2) is 0 Å². The summed E-state index contributed by atoms with van der Waals surface area (Å²) in [4.78, 5) is 21.4. The van der Waals surface area contributed by atoms with E-state index in [4.69, 9.17) is 5.73 Å². The molecule has 0 aliphatic rings. The fourth-order valence-corrected chi connectivity index (χ4v) is 2.34. The zero-order valence-corrected chi connectivity index (χ0v) is 15.2. The number of anilines is 2. The van der Waals surface area contributed by atoms with E-state index in [1.54, 1.807) is 6.92 Å². The van der Waals surface area contributed by atoms with Gasteiger partial charge in [0.25, 0.3) is 0 Å². The second-order valence-corrected chi connectivity index (χ2v) is 7.02. The molecule has 130 valence electrons. The van der Waals surface area contributed by atoms with Crippen molar-refractivity contribution in [3.63, 3.8) is 0 Å². The van der Waals surface area contributed by atoms with Crippen LogP contribution in [0.25, 0.3) is 0 Å². The quantitative estimate of drug-likeness (QED) is 0.839. The average molecular weight is 329 g/mol. The van der Waals surface area contributed by atoms with Gasteiger partial charge in [-0.1, -0.05) is 27.7 Å². The maximum Gasteiger partial charge on any atom is 0.227 e. The molecule has 2 aromatic heterocycles. The molecule has 0 radical (unpaired) electrons. The first-order valence-electron chi connectivity index (χ1n) is 8.34. The minimum absolute atomic E-state index is 0.0253. The molecule has 0 saturated carbocycles. The fourth-order valence-electron chi connectivity index (χ4n) is 2.34. The average Bonchev–Trinajstić information content (AvgIpc) is 2.50. The Morgan fingerprint density at radius 2 is 1.79 bits per heavy atom. The number of aromatic nitrogens is 5. The summed E-state index contributed by atoms with van der Waals surface area (Å²) in [6, 6.07) is 0.258. The first kappa shape index (κ1) is 18.0. The summed E-state index contributed by atoms with van der Waals surface area (Å²) in [5.74, 6) is 2.26. The molecule has 0 bridgehead atoms. The lowest BCUT2D eigenvalue weighted by Gasteiger charge is -2.18. The summed E-state index contributed by atoms with van der Waals surface area (Å²) in [5, 5.41) is 3.33. The first-order valence-corrected chi connectivity index (χ1v) is 8.34. The molecule has 2 aromatic rings. The van der Waals surface area contributed by atoms with Gasteiger partial charge in [-0.15, -0.1) is 0 Å². The third-order valence-electron chi connectivity index (χ3n) is 3.75. The van der Waals surface area contributed by atoms with Gasteiger partial charge in [0.2, 0.25) is 11.9 Å². The largest absolute Gasteiger partial charge is 0.368 e. The zero-order chi connectivity index (χ0) is 17.7. The van der Waals surface area contributed by atoms with Gasteiger partial charge in [-0.05, 0) is 31.7 Å². The van der Waals surface area contributed by atoms with Gasteiger partial charge >= 0.3 is 0 Å². The lowest BCUT2D eigenvalue weighted by atomic mass is 9.95. The van der Waals surface area contributed by atoms with Gasteiger partial charge in [-0.25, -0.2) is 9.97 Å². The minimum Gasteiger partial charge on any atom is -0.368 e. The Bertz CT molecular complexity index is 641. The lowest BCUT2D eigenvalue weighted by Crippen LogP contribution is -2.22. The third-order valence-corrected chi connectivity index (χ3v) is 3.75. The molecule has 0 aliphatic heterocycles. The number of aryl methyl sites for hydroxylation is 2. The van der Waals surface area contributed by atoms with E-state index >= 15 is 0 Å². The monoisotopic (exact) mass is 329 g/mol. The molecule has 0 spiro atoms. The number of nitrogens with two attached hydrogens (primary N) is 1. The molecule has 0 saturated heterocycles. The highest BCUT2D eigenvalue weighted by Crippen LogP contribution is 2.18. The Morgan fingerprint density at radius 3 is 2.33 bits per heavy atom. The summed E-state index contributed by atoms with van der Waals surface area (Å²) in [6.45, 7) is 10.3. The van der Waals surface area contributed by atoms with Crippen molar-refractivity contribution in [1.82, 2.24) is 24.9 Å². The zero-order valence-electron chi connectivity index (χ0n) is 15.2. The van der Waals surface area contributed by atoms with E-state index in [9.17, 15) is 0 Å². The molecule has 24 heavy (non-hydrogen) atoms. The molecule has 2 rings (SSSR count). The molecule has 0 aromatic carbocycles. The van der Waals surface area contributed by atoms with Crippen LogP contribution in [0.3, 0.4) is 0 Å². The van der Waals surface area contributed by atoms with Crippen LogP contribution in [0.2, 0.25) is 0 Å². The molecule has 1 unspecified atom stereocenters. The number of nitrogens with zero attached hydrogens (tertiary/aromatic N) is 5. The predicted octanol–water partition coefficient (Wildman–Crippen LogP) is 2.67. The molecule has 3 N–H and O–H groups in total. The molecule has 0 amide bonds. The second-order valence-electron chi connectivity index (χ2n) is 7.02. The number of rotatable bonds is 6. The summed E-state index contributed by atoms with van der Waals surface area (Å²) in [6.07, 6.45) is 6.65. The number of hydrogen-bond acceptors (Lipinski definition) is 7. The van der Waals surface area contributed by atoms with E-state index in [-0.39, 0.29) is 17.4 Å². The van der Waals surface area contributed by atoms with Crippen LogP contribution < -0.4 is 11.1 Å². The van der Waals surface area contributed by atoms with Gasteiger partial charge in [0, 0.05) is 23.9 Å². The molecule has 7 heteroatoms. The van der Waals surface area contributed by atoms with Crippen LogP contribution in [0.15, 0.2) is 12.4 Å². The summed E-state index contributed by atoms with van der Waals surface area (Å²) in [7, 11) is 0. The number of nitrogens with one attached hydrogen (secondary N) is 1. The second kappa shape index (κ2) is 7.51.